The minimum atomic E-state index is -1.25. The molecule has 146 valence electrons. The number of halogens is 3. The maximum Gasteiger partial charge on any atom is 0.315 e. The molecule has 1 spiro atoms. The second kappa shape index (κ2) is 6.90. The summed E-state index contributed by atoms with van der Waals surface area (Å²) in [5.41, 5.74) is 0.792. The van der Waals surface area contributed by atoms with Crippen molar-refractivity contribution in [2.75, 3.05) is 26.9 Å². The zero-order chi connectivity index (χ0) is 19.4. The molecule has 2 N–H and O–H groups in total. The molecule has 1 unspecified atom stereocenters. The highest BCUT2D eigenvalue weighted by Crippen LogP contribution is 2.51. The lowest BCUT2D eigenvalue weighted by atomic mass is 9.68. The van der Waals surface area contributed by atoms with Gasteiger partial charge >= 0.3 is 5.97 Å². The molecule has 1 aliphatic carbocycles. The predicted molar refractivity (Wildman–Crippen MR) is 105 cm³/mol. The molecule has 1 saturated heterocycles. The number of benzene rings is 1. The van der Waals surface area contributed by atoms with Crippen LogP contribution in [0, 0.1) is 0 Å². The molecular weight excluding hydrogens is 461 g/mol. The van der Waals surface area contributed by atoms with Crippen LogP contribution in [0.15, 0.2) is 10.5 Å². The predicted octanol–water partition coefficient (Wildman–Crippen LogP) is 4.29. The molecule has 1 atom stereocenters. The molecule has 4 rings (SSSR count). The van der Waals surface area contributed by atoms with Crippen molar-refractivity contribution in [3.63, 3.8) is 0 Å². The molecular formula is C18H18BrCl2NO5. The normalized spacial score (nSPS) is 23.9. The quantitative estimate of drug-likeness (QED) is 0.641. The molecule has 2 heterocycles. The van der Waals surface area contributed by atoms with E-state index in [4.69, 9.17) is 37.4 Å². The number of aromatic nitrogens is 1. The van der Waals surface area contributed by atoms with E-state index < -0.39 is 17.2 Å². The van der Waals surface area contributed by atoms with Gasteiger partial charge in [0.2, 0.25) is 0 Å². The molecule has 2 aromatic rings. The number of carboxylic acid groups (broad SMARTS) is 1. The van der Waals surface area contributed by atoms with Gasteiger partial charge in [-0.2, -0.15) is 0 Å². The Morgan fingerprint density at radius 2 is 2.11 bits per heavy atom. The van der Waals surface area contributed by atoms with Crippen molar-refractivity contribution in [2.45, 2.75) is 30.5 Å². The van der Waals surface area contributed by atoms with Gasteiger partial charge in [0.25, 0.3) is 0 Å². The van der Waals surface area contributed by atoms with Crippen LogP contribution in [0.5, 0.6) is 0 Å². The molecule has 9 heteroatoms. The van der Waals surface area contributed by atoms with E-state index in [0.717, 1.165) is 15.4 Å². The highest BCUT2D eigenvalue weighted by Gasteiger charge is 2.56. The number of nitrogens with one attached hydrogen (secondary N) is 1. The lowest BCUT2D eigenvalue weighted by molar-refractivity contribution is -0.188. The van der Waals surface area contributed by atoms with Gasteiger partial charge in [-0.1, -0.05) is 39.1 Å². The topological polar surface area (TPSA) is 80.8 Å². The smallest absolute Gasteiger partial charge is 0.315 e. The van der Waals surface area contributed by atoms with Gasteiger partial charge in [-0.3, -0.25) is 4.79 Å². The lowest BCUT2D eigenvalue weighted by Gasteiger charge is -2.42. The highest BCUT2D eigenvalue weighted by molar-refractivity contribution is 9.10. The van der Waals surface area contributed by atoms with Gasteiger partial charge in [-0.15, -0.1) is 0 Å². The zero-order valence-corrected chi connectivity index (χ0v) is 17.6. The molecule has 1 aromatic heterocycles. The van der Waals surface area contributed by atoms with Crippen molar-refractivity contribution in [1.82, 2.24) is 4.98 Å². The Balaban J connectivity index is 2.02. The summed E-state index contributed by atoms with van der Waals surface area (Å²) in [6, 6.07) is 1.72. The number of rotatable bonds is 4. The summed E-state index contributed by atoms with van der Waals surface area (Å²) in [5.74, 6) is -1.93. The number of aliphatic carboxylic acids is 1. The average molecular weight is 479 g/mol. The van der Waals surface area contributed by atoms with Crippen molar-refractivity contribution in [1.29, 1.82) is 0 Å². The van der Waals surface area contributed by atoms with Gasteiger partial charge < -0.3 is 24.3 Å². The molecule has 1 aliphatic heterocycles. The second-order valence-electron chi connectivity index (χ2n) is 6.97. The van der Waals surface area contributed by atoms with E-state index in [2.05, 4.69) is 20.9 Å². The Hall–Kier alpha value is -0.830. The van der Waals surface area contributed by atoms with Crippen LogP contribution in [0.4, 0.5) is 0 Å². The van der Waals surface area contributed by atoms with Gasteiger partial charge in [-0.25, -0.2) is 0 Å². The van der Waals surface area contributed by atoms with Crippen molar-refractivity contribution < 1.29 is 24.1 Å². The summed E-state index contributed by atoms with van der Waals surface area (Å²) < 4.78 is 17.8. The van der Waals surface area contributed by atoms with Crippen molar-refractivity contribution in [2.24, 2.45) is 0 Å². The Morgan fingerprint density at radius 1 is 1.41 bits per heavy atom. The second-order valence-corrected chi connectivity index (χ2v) is 8.61. The monoisotopic (exact) mass is 477 g/mol. The van der Waals surface area contributed by atoms with E-state index in [-0.39, 0.29) is 19.4 Å². The van der Waals surface area contributed by atoms with E-state index >= 15 is 0 Å². The standard InChI is InChI=1S/C18H18BrCl2NO5/c1-25-3-2-17(16(23)24)8-18(26-4-5-27-18)7-9-12-10(19)6-11(20)13(21)14(12)22-15(9)17/h6,22H,2-5,7-8H2,1H3,(H,23,24). The molecule has 0 radical (unpaired) electrons. The molecule has 6 nitrogen and oxygen atoms in total. The Morgan fingerprint density at radius 3 is 2.74 bits per heavy atom. The van der Waals surface area contributed by atoms with Gasteiger partial charge in [0, 0.05) is 42.1 Å². The van der Waals surface area contributed by atoms with Crippen LogP contribution in [0.2, 0.25) is 10.0 Å². The van der Waals surface area contributed by atoms with E-state index in [1.54, 1.807) is 13.2 Å². The Labute approximate surface area is 174 Å². The van der Waals surface area contributed by atoms with Crippen LogP contribution in [0.3, 0.4) is 0 Å². The SMILES string of the molecule is COCCC1(C(=O)O)CC2(Cc3c1[nH]c1c(Cl)c(Cl)cc(Br)c31)OCCO2. The summed E-state index contributed by atoms with van der Waals surface area (Å²) in [4.78, 5) is 15.8. The Bertz CT molecular complexity index is 924. The summed E-state index contributed by atoms with van der Waals surface area (Å²) in [5, 5.41) is 11.8. The summed E-state index contributed by atoms with van der Waals surface area (Å²) in [6.07, 6.45) is 0.901. The average Bonchev–Trinajstić information content (AvgIpc) is 3.23. The number of carbonyl (C=O) groups is 1. The van der Waals surface area contributed by atoms with E-state index in [9.17, 15) is 9.90 Å². The number of H-pyrrole nitrogens is 1. The van der Waals surface area contributed by atoms with E-state index in [1.165, 1.54) is 0 Å². The zero-order valence-electron chi connectivity index (χ0n) is 14.5. The molecule has 1 aromatic carbocycles. The Kier molecular flexibility index (Phi) is 4.98. The van der Waals surface area contributed by atoms with Gasteiger partial charge in [0.05, 0.1) is 28.8 Å². The third-order valence-electron chi connectivity index (χ3n) is 5.48. The summed E-state index contributed by atoms with van der Waals surface area (Å²) in [7, 11) is 1.55. The lowest BCUT2D eigenvalue weighted by Crippen LogP contribution is -2.51. The molecule has 0 amide bonds. The fourth-order valence-corrected chi connectivity index (χ4v) is 5.48. The minimum absolute atomic E-state index is 0.196. The minimum Gasteiger partial charge on any atom is -0.481 e. The van der Waals surface area contributed by atoms with Gasteiger partial charge in [0.15, 0.2) is 5.79 Å². The van der Waals surface area contributed by atoms with Crippen LogP contribution < -0.4 is 0 Å². The van der Waals surface area contributed by atoms with Crippen molar-refractivity contribution in [3.05, 3.63) is 31.8 Å². The highest BCUT2D eigenvalue weighted by atomic mass is 79.9. The number of methoxy groups -OCH3 is 1. The molecule has 2 aliphatic rings. The first-order valence-corrected chi connectivity index (χ1v) is 10.1. The van der Waals surface area contributed by atoms with Crippen molar-refractivity contribution in [3.8, 4) is 0 Å². The van der Waals surface area contributed by atoms with Crippen LogP contribution >= 0.6 is 39.1 Å². The first kappa shape index (κ1) is 19.5. The number of ether oxygens (including phenoxy) is 3. The molecule has 0 bridgehead atoms. The summed E-state index contributed by atoms with van der Waals surface area (Å²) >= 11 is 16.2. The molecule has 1 fully saturated rings. The number of aromatic amines is 1. The van der Waals surface area contributed by atoms with Crippen molar-refractivity contribution >= 4 is 56.0 Å². The number of carboxylic acids is 1. The van der Waals surface area contributed by atoms with Crippen LogP contribution in [-0.2, 0) is 30.8 Å². The largest absolute Gasteiger partial charge is 0.481 e. The van der Waals surface area contributed by atoms with Gasteiger partial charge in [0.1, 0.15) is 5.41 Å². The fourth-order valence-electron chi connectivity index (χ4n) is 4.28. The van der Waals surface area contributed by atoms with Gasteiger partial charge in [-0.05, 0) is 18.1 Å². The van der Waals surface area contributed by atoms with Crippen LogP contribution in [0.1, 0.15) is 24.1 Å². The fraction of sp³-hybridized carbons (Fsp3) is 0.500. The third-order valence-corrected chi connectivity index (χ3v) is 6.89. The van der Waals surface area contributed by atoms with E-state index in [0.29, 0.717) is 40.9 Å². The number of hydrogen-bond donors (Lipinski definition) is 2. The van der Waals surface area contributed by atoms with Crippen LogP contribution in [-0.4, -0.2) is 48.8 Å². The maximum atomic E-state index is 12.5. The van der Waals surface area contributed by atoms with E-state index in [1.807, 2.05) is 0 Å². The summed E-state index contributed by atoms with van der Waals surface area (Å²) in [6.45, 7) is 1.16. The first-order valence-electron chi connectivity index (χ1n) is 8.52. The first-order chi connectivity index (χ1) is 12.8. The molecule has 0 saturated carbocycles. The maximum absolute atomic E-state index is 12.5. The third kappa shape index (κ3) is 2.91. The number of fused-ring (bicyclic) bond motifs is 3. The number of hydrogen-bond acceptors (Lipinski definition) is 4. The van der Waals surface area contributed by atoms with Crippen LogP contribution in [0.25, 0.3) is 10.9 Å². The molecule has 27 heavy (non-hydrogen) atoms.